The van der Waals surface area contributed by atoms with Gasteiger partial charge in [0.05, 0.1) is 17.6 Å². The van der Waals surface area contributed by atoms with Gasteiger partial charge in [-0.05, 0) is 45.0 Å². The fraction of sp³-hybridized carbons (Fsp3) is 0.533. The van der Waals surface area contributed by atoms with E-state index in [0.717, 1.165) is 18.6 Å². The van der Waals surface area contributed by atoms with Gasteiger partial charge in [0, 0.05) is 6.54 Å². The van der Waals surface area contributed by atoms with E-state index in [9.17, 15) is 0 Å². The van der Waals surface area contributed by atoms with E-state index in [2.05, 4.69) is 40.7 Å². The second-order valence-electron chi connectivity index (χ2n) is 5.10. The summed E-state index contributed by atoms with van der Waals surface area (Å²) >= 11 is 0. The predicted molar refractivity (Wildman–Crippen MR) is 74.5 cm³/mol. The molecule has 1 saturated heterocycles. The van der Waals surface area contributed by atoms with Crippen LogP contribution in [0, 0.1) is 0 Å². The van der Waals surface area contributed by atoms with Gasteiger partial charge < -0.3 is 4.57 Å². The standard InChI is InChI=1S/C15H21N3/c1-2-18-14-9-5-4-8-13(14)16-15(18)12-17-10-6-3-7-11-17/h4-5,8-9H,2-3,6-7,10-12H2,1H3. The van der Waals surface area contributed by atoms with Crippen LogP contribution in [0.5, 0.6) is 0 Å². The zero-order valence-corrected chi connectivity index (χ0v) is 11.1. The van der Waals surface area contributed by atoms with E-state index < -0.39 is 0 Å². The van der Waals surface area contributed by atoms with Gasteiger partial charge in [-0.25, -0.2) is 4.98 Å². The molecule has 96 valence electrons. The number of hydrogen-bond donors (Lipinski definition) is 0. The minimum absolute atomic E-state index is 1.00. The molecule has 0 aliphatic carbocycles. The summed E-state index contributed by atoms with van der Waals surface area (Å²) in [7, 11) is 0. The largest absolute Gasteiger partial charge is 0.327 e. The molecule has 18 heavy (non-hydrogen) atoms. The third-order valence-corrected chi connectivity index (χ3v) is 3.86. The van der Waals surface area contributed by atoms with Crippen molar-refractivity contribution in [2.24, 2.45) is 0 Å². The number of rotatable bonds is 3. The number of likely N-dealkylation sites (tertiary alicyclic amines) is 1. The summed E-state index contributed by atoms with van der Waals surface area (Å²) < 4.78 is 2.35. The fourth-order valence-electron chi connectivity index (χ4n) is 2.92. The lowest BCUT2D eigenvalue weighted by Gasteiger charge is -2.26. The molecule has 0 saturated carbocycles. The van der Waals surface area contributed by atoms with Gasteiger partial charge in [0.15, 0.2) is 0 Å². The number of fused-ring (bicyclic) bond motifs is 1. The molecule has 1 aliphatic heterocycles. The SMILES string of the molecule is CCn1c(CN2CCCCC2)nc2ccccc21. The van der Waals surface area contributed by atoms with Crippen LogP contribution in [0.1, 0.15) is 32.0 Å². The highest BCUT2D eigenvalue weighted by molar-refractivity contribution is 5.75. The number of piperidine rings is 1. The van der Waals surface area contributed by atoms with Crippen molar-refractivity contribution < 1.29 is 0 Å². The second kappa shape index (κ2) is 5.11. The Labute approximate surface area is 108 Å². The lowest BCUT2D eigenvalue weighted by molar-refractivity contribution is 0.213. The van der Waals surface area contributed by atoms with E-state index in [-0.39, 0.29) is 0 Å². The summed E-state index contributed by atoms with van der Waals surface area (Å²) in [5.74, 6) is 1.22. The van der Waals surface area contributed by atoms with E-state index >= 15 is 0 Å². The van der Waals surface area contributed by atoms with Crippen molar-refractivity contribution in [3.8, 4) is 0 Å². The molecule has 0 atom stereocenters. The van der Waals surface area contributed by atoms with Crippen LogP contribution in [0.25, 0.3) is 11.0 Å². The number of hydrogen-bond acceptors (Lipinski definition) is 2. The van der Waals surface area contributed by atoms with Crippen LogP contribution in [0.15, 0.2) is 24.3 Å². The molecule has 0 amide bonds. The topological polar surface area (TPSA) is 21.1 Å². The molecule has 2 aromatic rings. The van der Waals surface area contributed by atoms with Crippen LogP contribution >= 0.6 is 0 Å². The van der Waals surface area contributed by atoms with Gasteiger partial charge in [-0.3, -0.25) is 4.90 Å². The third-order valence-electron chi connectivity index (χ3n) is 3.86. The first kappa shape index (κ1) is 11.7. The first-order valence-electron chi connectivity index (χ1n) is 7.05. The highest BCUT2D eigenvalue weighted by atomic mass is 15.2. The van der Waals surface area contributed by atoms with Crippen molar-refractivity contribution in [2.75, 3.05) is 13.1 Å². The maximum absolute atomic E-state index is 4.80. The number of para-hydroxylation sites is 2. The van der Waals surface area contributed by atoms with Crippen LogP contribution < -0.4 is 0 Å². The lowest BCUT2D eigenvalue weighted by Crippen LogP contribution is -2.30. The molecule has 1 aromatic carbocycles. The highest BCUT2D eigenvalue weighted by Crippen LogP contribution is 2.18. The Morgan fingerprint density at radius 1 is 1.11 bits per heavy atom. The molecule has 3 rings (SSSR count). The summed E-state index contributed by atoms with van der Waals surface area (Å²) in [6.07, 6.45) is 4.07. The second-order valence-corrected chi connectivity index (χ2v) is 5.10. The highest BCUT2D eigenvalue weighted by Gasteiger charge is 2.15. The van der Waals surface area contributed by atoms with Crippen LogP contribution in [0.3, 0.4) is 0 Å². The minimum atomic E-state index is 1.00. The summed E-state index contributed by atoms with van der Waals surface area (Å²) in [5, 5.41) is 0. The molecule has 1 fully saturated rings. The third kappa shape index (κ3) is 2.15. The van der Waals surface area contributed by atoms with Gasteiger partial charge in [-0.2, -0.15) is 0 Å². The normalized spacial score (nSPS) is 17.4. The Morgan fingerprint density at radius 3 is 2.67 bits per heavy atom. The number of benzene rings is 1. The van der Waals surface area contributed by atoms with Gasteiger partial charge in [0.25, 0.3) is 0 Å². The zero-order chi connectivity index (χ0) is 12.4. The fourth-order valence-corrected chi connectivity index (χ4v) is 2.92. The lowest BCUT2D eigenvalue weighted by atomic mass is 10.1. The molecule has 0 radical (unpaired) electrons. The van der Waals surface area contributed by atoms with E-state index in [4.69, 9.17) is 4.98 Å². The zero-order valence-electron chi connectivity index (χ0n) is 11.1. The molecule has 0 spiro atoms. The molecule has 3 nitrogen and oxygen atoms in total. The Morgan fingerprint density at radius 2 is 1.89 bits per heavy atom. The van der Waals surface area contributed by atoms with Gasteiger partial charge >= 0.3 is 0 Å². The number of aryl methyl sites for hydroxylation is 1. The number of imidazole rings is 1. The van der Waals surface area contributed by atoms with Gasteiger partial charge in [0.1, 0.15) is 5.82 Å². The van der Waals surface area contributed by atoms with Crippen molar-refractivity contribution in [2.45, 2.75) is 39.3 Å². The smallest absolute Gasteiger partial charge is 0.124 e. The minimum Gasteiger partial charge on any atom is -0.327 e. The average Bonchev–Trinajstić information content (AvgIpc) is 2.77. The summed E-state index contributed by atoms with van der Waals surface area (Å²) in [6, 6.07) is 8.45. The monoisotopic (exact) mass is 243 g/mol. The molecular weight excluding hydrogens is 222 g/mol. The maximum atomic E-state index is 4.80. The van der Waals surface area contributed by atoms with Crippen molar-refractivity contribution in [3.63, 3.8) is 0 Å². The van der Waals surface area contributed by atoms with Crippen LogP contribution in [-0.4, -0.2) is 27.5 Å². The van der Waals surface area contributed by atoms with E-state index in [1.165, 1.54) is 43.7 Å². The number of aromatic nitrogens is 2. The summed E-state index contributed by atoms with van der Waals surface area (Å²) in [5.41, 5.74) is 2.40. The molecule has 0 unspecified atom stereocenters. The van der Waals surface area contributed by atoms with Crippen LogP contribution in [0.4, 0.5) is 0 Å². The van der Waals surface area contributed by atoms with E-state index in [1.807, 2.05) is 0 Å². The Hall–Kier alpha value is -1.35. The van der Waals surface area contributed by atoms with Gasteiger partial charge in [-0.1, -0.05) is 18.6 Å². The van der Waals surface area contributed by atoms with Crippen molar-refractivity contribution >= 4 is 11.0 Å². The van der Waals surface area contributed by atoms with Crippen molar-refractivity contribution in [1.29, 1.82) is 0 Å². The van der Waals surface area contributed by atoms with Crippen LogP contribution in [-0.2, 0) is 13.1 Å². The molecule has 1 aromatic heterocycles. The average molecular weight is 243 g/mol. The quantitative estimate of drug-likeness (QED) is 0.826. The molecule has 3 heteroatoms. The molecule has 2 heterocycles. The van der Waals surface area contributed by atoms with Gasteiger partial charge in [0.2, 0.25) is 0 Å². The van der Waals surface area contributed by atoms with Crippen molar-refractivity contribution in [3.05, 3.63) is 30.1 Å². The first-order chi connectivity index (χ1) is 8.88. The summed E-state index contributed by atoms with van der Waals surface area (Å²) in [6.45, 7) is 6.67. The molecular formula is C15H21N3. The van der Waals surface area contributed by atoms with Crippen LogP contribution in [0.2, 0.25) is 0 Å². The van der Waals surface area contributed by atoms with E-state index in [0.29, 0.717) is 0 Å². The Bertz CT molecular complexity index is 524. The number of nitrogens with zero attached hydrogens (tertiary/aromatic N) is 3. The Balaban J connectivity index is 1.90. The predicted octanol–water partition coefficient (Wildman–Crippen LogP) is 3.04. The maximum Gasteiger partial charge on any atom is 0.124 e. The van der Waals surface area contributed by atoms with Gasteiger partial charge in [-0.15, -0.1) is 0 Å². The molecule has 0 N–H and O–H groups in total. The van der Waals surface area contributed by atoms with Crippen molar-refractivity contribution in [1.82, 2.24) is 14.5 Å². The Kier molecular flexibility index (Phi) is 3.33. The molecule has 0 bridgehead atoms. The molecule has 1 aliphatic rings. The first-order valence-corrected chi connectivity index (χ1v) is 7.05. The summed E-state index contributed by atoms with van der Waals surface area (Å²) in [4.78, 5) is 7.34. The van der Waals surface area contributed by atoms with E-state index in [1.54, 1.807) is 0 Å².